The smallest absolute Gasteiger partial charge is 0.420 e. The third kappa shape index (κ3) is 5.64. The Morgan fingerprint density at radius 3 is 2.32 bits per heavy atom. The van der Waals surface area contributed by atoms with Crippen LogP contribution in [0.3, 0.4) is 0 Å². The maximum atomic E-state index is 13.7. The molecule has 0 spiro atoms. The highest BCUT2D eigenvalue weighted by molar-refractivity contribution is 5.54. The SMILES string of the molecule is CC1CC(O)(c2ccc(C(F)F)nc2)CC(COc2cnc(N3CC(O)(C(F)(F)F)C3)c(C(F)(F)F)c2)N1. The van der Waals surface area contributed by atoms with Crippen molar-refractivity contribution in [1.29, 1.82) is 0 Å². The Bertz CT molecular complexity index is 1140. The Labute approximate surface area is 211 Å². The van der Waals surface area contributed by atoms with Gasteiger partial charge >= 0.3 is 12.4 Å². The van der Waals surface area contributed by atoms with Gasteiger partial charge in [0.05, 0.1) is 24.9 Å². The lowest BCUT2D eigenvalue weighted by atomic mass is 9.79. The van der Waals surface area contributed by atoms with Crippen LogP contribution in [0, 0.1) is 0 Å². The van der Waals surface area contributed by atoms with E-state index in [1.54, 1.807) is 6.92 Å². The van der Waals surface area contributed by atoms with Crippen LogP contribution in [-0.2, 0) is 11.8 Å². The summed E-state index contributed by atoms with van der Waals surface area (Å²) in [6, 6.07) is 2.22. The molecule has 15 heteroatoms. The van der Waals surface area contributed by atoms with Crippen molar-refractivity contribution in [3.63, 3.8) is 0 Å². The number of halogens is 8. The molecule has 7 nitrogen and oxygen atoms in total. The molecule has 2 saturated heterocycles. The summed E-state index contributed by atoms with van der Waals surface area (Å²) in [6.45, 7) is -0.638. The maximum absolute atomic E-state index is 13.7. The molecule has 0 radical (unpaired) electrons. The Hall–Kier alpha value is -2.78. The normalized spacial score (nSPS) is 25.8. The highest BCUT2D eigenvalue weighted by Gasteiger charge is 2.62. The zero-order valence-electron chi connectivity index (χ0n) is 19.8. The molecular formula is C23H24F8N4O3. The van der Waals surface area contributed by atoms with Crippen LogP contribution in [-0.4, -0.2) is 63.7 Å². The van der Waals surface area contributed by atoms with Gasteiger partial charge in [-0.2, -0.15) is 26.3 Å². The molecule has 2 fully saturated rings. The van der Waals surface area contributed by atoms with Gasteiger partial charge in [-0.15, -0.1) is 0 Å². The first-order valence-corrected chi connectivity index (χ1v) is 11.5. The molecule has 4 heterocycles. The summed E-state index contributed by atoms with van der Waals surface area (Å²) in [4.78, 5) is 8.01. The third-order valence-electron chi connectivity index (χ3n) is 6.63. The number of pyridine rings is 2. The molecule has 0 aromatic carbocycles. The number of β-amino-alcohol motifs (C(OH)–C–C–N with tert-alkyl or cyclic N) is 1. The minimum atomic E-state index is -5.00. The highest BCUT2D eigenvalue weighted by atomic mass is 19.4. The number of aromatic nitrogens is 2. The van der Waals surface area contributed by atoms with Gasteiger partial charge in [-0.25, -0.2) is 13.8 Å². The number of hydrogen-bond donors (Lipinski definition) is 3. The molecule has 0 saturated carbocycles. The van der Waals surface area contributed by atoms with Gasteiger partial charge in [0.2, 0.25) is 0 Å². The second-order valence-electron chi connectivity index (χ2n) is 9.71. The molecule has 0 aliphatic carbocycles. The minimum Gasteiger partial charge on any atom is -0.490 e. The number of alkyl halides is 8. The molecule has 0 amide bonds. The first kappa shape index (κ1) is 28.2. The van der Waals surface area contributed by atoms with E-state index < -0.39 is 66.2 Å². The number of hydrogen-bond acceptors (Lipinski definition) is 7. The summed E-state index contributed by atoms with van der Waals surface area (Å²) in [6.07, 6.45) is -10.4. The lowest BCUT2D eigenvalue weighted by Gasteiger charge is -2.48. The van der Waals surface area contributed by atoms with Crippen LogP contribution in [0.2, 0.25) is 0 Å². The topological polar surface area (TPSA) is 90.7 Å². The zero-order valence-corrected chi connectivity index (χ0v) is 19.8. The van der Waals surface area contributed by atoms with Gasteiger partial charge in [-0.05, 0) is 31.9 Å². The number of anilines is 1. The Balaban J connectivity index is 1.47. The minimum absolute atomic E-state index is 0.0362. The average Bonchev–Trinajstić information content (AvgIpc) is 2.79. The van der Waals surface area contributed by atoms with Gasteiger partial charge in [0.25, 0.3) is 6.43 Å². The van der Waals surface area contributed by atoms with Crippen LogP contribution in [0.5, 0.6) is 5.75 Å². The molecular weight excluding hydrogens is 532 g/mol. The van der Waals surface area contributed by atoms with Crippen molar-refractivity contribution in [3.8, 4) is 5.75 Å². The standard InChI is InChI=1S/C23H24F8N4O3/c1-12-5-20(36,13-2-3-17(18(24)25)32-7-13)6-14(34-12)9-38-15-4-16(22(26,27)28)19(33-8-15)35-10-21(37,11-35)23(29,30)31/h2-4,7-8,12,14,18,34,36-37H,5-6,9-11H2,1H3. The van der Waals surface area contributed by atoms with E-state index in [2.05, 4.69) is 15.3 Å². The Morgan fingerprint density at radius 2 is 1.76 bits per heavy atom. The number of nitrogens with one attached hydrogen (secondary N) is 1. The molecule has 4 rings (SSSR count). The van der Waals surface area contributed by atoms with E-state index in [4.69, 9.17) is 4.74 Å². The molecule has 2 aromatic heterocycles. The number of ether oxygens (including phenoxy) is 1. The van der Waals surface area contributed by atoms with E-state index in [9.17, 15) is 45.3 Å². The van der Waals surface area contributed by atoms with E-state index in [-0.39, 0.29) is 31.2 Å². The largest absolute Gasteiger partial charge is 0.490 e. The second kappa shape index (κ2) is 9.75. The van der Waals surface area contributed by atoms with E-state index in [0.717, 1.165) is 18.5 Å². The van der Waals surface area contributed by atoms with E-state index in [0.29, 0.717) is 16.5 Å². The monoisotopic (exact) mass is 556 g/mol. The van der Waals surface area contributed by atoms with Gasteiger partial charge in [0, 0.05) is 23.8 Å². The molecule has 2 aliphatic rings. The Morgan fingerprint density at radius 1 is 1.08 bits per heavy atom. The molecule has 2 aliphatic heterocycles. The van der Waals surface area contributed by atoms with E-state index in [1.807, 2.05) is 0 Å². The van der Waals surface area contributed by atoms with Gasteiger partial charge in [0.1, 0.15) is 29.4 Å². The molecule has 3 atom stereocenters. The number of rotatable bonds is 6. The van der Waals surface area contributed by atoms with Gasteiger partial charge in [-0.1, -0.05) is 6.07 Å². The first-order chi connectivity index (χ1) is 17.5. The molecule has 3 unspecified atom stereocenters. The van der Waals surface area contributed by atoms with Gasteiger partial charge in [-0.3, -0.25) is 4.98 Å². The van der Waals surface area contributed by atoms with Crippen LogP contribution >= 0.6 is 0 Å². The summed E-state index contributed by atoms with van der Waals surface area (Å²) in [5, 5.41) is 23.9. The number of nitrogens with zero attached hydrogens (tertiary/aromatic N) is 3. The predicted molar refractivity (Wildman–Crippen MR) is 117 cm³/mol. The van der Waals surface area contributed by atoms with Crippen LogP contribution in [0.15, 0.2) is 30.6 Å². The molecule has 0 bridgehead atoms. The number of piperidine rings is 1. The van der Waals surface area contributed by atoms with Crippen molar-refractivity contribution in [2.24, 2.45) is 0 Å². The van der Waals surface area contributed by atoms with Crippen molar-refractivity contribution in [1.82, 2.24) is 15.3 Å². The van der Waals surface area contributed by atoms with Crippen molar-refractivity contribution >= 4 is 5.82 Å². The Kier molecular flexibility index (Phi) is 7.25. The van der Waals surface area contributed by atoms with Crippen LogP contribution < -0.4 is 15.0 Å². The van der Waals surface area contributed by atoms with Crippen LogP contribution in [0.1, 0.15) is 43.0 Å². The predicted octanol–water partition coefficient (Wildman–Crippen LogP) is 3.95. The summed E-state index contributed by atoms with van der Waals surface area (Å²) in [7, 11) is 0. The van der Waals surface area contributed by atoms with Gasteiger partial charge in [0.15, 0.2) is 5.60 Å². The third-order valence-corrected chi connectivity index (χ3v) is 6.63. The maximum Gasteiger partial charge on any atom is 0.420 e. The lowest BCUT2D eigenvalue weighted by molar-refractivity contribution is -0.267. The molecule has 3 N–H and O–H groups in total. The quantitative estimate of drug-likeness (QED) is 0.465. The van der Waals surface area contributed by atoms with Crippen LogP contribution in [0.4, 0.5) is 40.9 Å². The van der Waals surface area contributed by atoms with Crippen LogP contribution in [0.25, 0.3) is 0 Å². The second-order valence-corrected chi connectivity index (χ2v) is 9.71. The molecule has 2 aromatic rings. The van der Waals surface area contributed by atoms with Gasteiger partial charge < -0.3 is 25.2 Å². The van der Waals surface area contributed by atoms with E-state index >= 15 is 0 Å². The summed E-state index contributed by atoms with van der Waals surface area (Å²) < 4.78 is 111. The zero-order chi connectivity index (χ0) is 28.1. The summed E-state index contributed by atoms with van der Waals surface area (Å²) >= 11 is 0. The average molecular weight is 556 g/mol. The summed E-state index contributed by atoms with van der Waals surface area (Å²) in [5.41, 5.74) is -6.05. The highest BCUT2D eigenvalue weighted by Crippen LogP contribution is 2.44. The number of aliphatic hydroxyl groups is 2. The van der Waals surface area contributed by atoms with Crippen molar-refractivity contribution < 1.29 is 50.1 Å². The fourth-order valence-electron chi connectivity index (χ4n) is 4.76. The fourth-order valence-corrected chi connectivity index (χ4v) is 4.76. The summed E-state index contributed by atoms with van der Waals surface area (Å²) in [5.74, 6) is -1.07. The fraction of sp³-hybridized carbons (Fsp3) is 0.565. The van der Waals surface area contributed by atoms with Crippen molar-refractivity contribution in [2.45, 2.75) is 61.8 Å². The molecule has 38 heavy (non-hydrogen) atoms. The lowest BCUT2D eigenvalue weighted by Crippen LogP contribution is -2.69. The van der Waals surface area contributed by atoms with Crippen molar-refractivity contribution in [2.75, 3.05) is 24.6 Å². The molecule has 210 valence electrons. The first-order valence-electron chi connectivity index (χ1n) is 11.5. The van der Waals surface area contributed by atoms with E-state index in [1.165, 1.54) is 6.07 Å². The van der Waals surface area contributed by atoms with Crippen molar-refractivity contribution in [3.05, 3.63) is 47.4 Å².